The highest BCUT2D eigenvalue weighted by Crippen LogP contribution is 2.35. The van der Waals surface area contributed by atoms with Crippen LogP contribution in [0.15, 0.2) is 50.7 Å². The number of hydrogen-bond donors (Lipinski definition) is 0. The molecule has 0 fully saturated rings. The summed E-state index contributed by atoms with van der Waals surface area (Å²) in [6.45, 7) is 13.3. The molecule has 5 heteroatoms. The van der Waals surface area contributed by atoms with Crippen molar-refractivity contribution in [2.75, 3.05) is 13.2 Å². The number of fused-ring (bicyclic) bond motifs is 1. The van der Waals surface area contributed by atoms with Crippen LogP contribution in [0.3, 0.4) is 0 Å². The Morgan fingerprint density at radius 1 is 0.919 bits per heavy atom. The van der Waals surface area contributed by atoms with Crippen LogP contribution in [0, 0.1) is 0 Å². The Morgan fingerprint density at radius 2 is 1.62 bits per heavy atom. The van der Waals surface area contributed by atoms with E-state index in [0.717, 1.165) is 31.1 Å². The average molecular weight is 513 g/mol. The van der Waals surface area contributed by atoms with Crippen LogP contribution in [0.25, 0.3) is 11.0 Å². The number of allylic oxidation sites excluding steroid dienone is 3. The molecule has 1 heterocycles. The summed E-state index contributed by atoms with van der Waals surface area (Å²) in [5.74, 6) is 1.25. The highest BCUT2D eigenvalue weighted by molar-refractivity contribution is 5.86. The smallest absolute Gasteiger partial charge is 0.383 e. The average Bonchev–Trinajstić information content (AvgIpc) is 2.83. The molecule has 1 aromatic heterocycles. The summed E-state index contributed by atoms with van der Waals surface area (Å²) in [7, 11) is 0. The van der Waals surface area contributed by atoms with Gasteiger partial charge in [-0.25, -0.2) is 4.79 Å². The summed E-state index contributed by atoms with van der Waals surface area (Å²) in [4.78, 5) is 12.9. The second kappa shape index (κ2) is 16.9. The third-order valence-corrected chi connectivity index (χ3v) is 6.16. The van der Waals surface area contributed by atoms with Crippen LogP contribution < -0.4 is 19.8 Å². The number of hydrogen-bond acceptors (Lipinski definition) is 5. The van der Waals surface area contributed by atoms with E-state index in [2.05, 4.69) is 33.8 Å². The molecule has 0 aliphatic rings. The minimum Gasteiger partial charge on any atom is -0.491 e. The van der Waals surface area contributed by atoms with Crippen molar-refractivity contribution in [3.05, 3.63) is 51.9 Å². The van der Waals surface area contributed by atoms with Crippen molar-refractivity contribution in [1.29, 1.82) is 0 Å². The minimum absolute atomic E-state index is 0.0243. The number of ether oxygens (including phenoxy) is 3. The molecule has 0 aliphatic heterocycles. The largest absolute Gasteiger partial charge is 0.491 e. The molecule has 5 nitrogen and oxygen atoms in total. The van der Waals surface area contributed by atoms with Gasteiger partial charge in [-0.15, -0.1) is 0 Å². The summed E-state index contributed by atoms with van der Waals surface area (Å²) >= 11 is 0. The molecular weight excluding hydrogens is 464 g/mol. The Bertz CT molecular complexity index is 1060. The molecule has 0 saturated carbocycles. The minimum atomic E-state index is -0.532. The first-order chi connectivity index (χ1) is 17.8. The summed E-state index contributed by atoms with van der Waals surface area (Å²) in [5, 5.41) is 0.717. The SMILES string of the molecule is CCCCCCCCCCOc1c(OCC=C(C)CCC=C(C)C)c(=O)oc2cc(OC(C)C)ccc12. The standard InChI is InChI=1S/C32H48O5/c1-7-8-9-10-11-12-13-14-21-34-30-28-19-18-27(36-25(4)5)23-29(28)37-32(33)31(30)35-22-20-26(6)17-15-16-24(2)3/h16,18-20,23,25H,7-15,17,21-22H2,1-6H3. The van der Waals surface area contributed by atoms with E-state index >= 15 is 0 Å². The first kappa shape index (κ1) is 30.5. The molecule has 0 bridgehead atoms. The molecule has 0 spiro atoms. The molecule has 0 unspecified atom stereocenters. The number of rotatable bonds is 18. The predicted molar refractivity (Wildman–Crippen MR) is 154 cm³/mol. The van der Waals surface area contributed by atoms with Gasteiger partial charge in [0.2, 0.25) is 5.75 Å². The maximum absolute atomic E-state index is 12.9. The lowest BCUT2D eigenvalue weighted by Crippen LogP contribution is -2.11. The van der Waals surface area contributed by atoms with Crippen molar-refractivity contribution >= 4 is 11.0 Å². The monoisotopic (exact) mass is 512 g/mol. The molecule has 2 aromatic rings. The second-order valence-corrected chi connectivity index (χ2v) is 10.4. The third-order valence-electron chi connectivity index (χ3n) is 6.16. The van der Waals surface area contributed by atoms with Gasteiger partial charge in [-0.2, -0.15) is 0 Å². The Balaban J connectivity index is 2.12. The maximum Gasteiger partial charge on any atom is 0.383 e. The molecule has 0 N–H and O–H groups in total. The molecule has 2 rings (SSSR count). The molecule has 0 saturated heterocycles. The van der Waals surface area contributed by atoms with Crippen molar-refractivity contribution in [3.8, 4) is 17.2 Å². The van der Waals surface area contributed by atoms with E-state index in [0.29, 0.717) is 30.3 Å². The Labute approximate surface area is 223 Å². The van der Waals surface area contributed by atoms with Gasteiger partial charge in [0.05, 0.1) is 18.1 Å². The van der Waals surface area contributed by atoms with Crippen LogP contribution in [-0.4, -0.2) is 19.3 Å². The lowest BCUT2D eigenvalue weighted by atomic mass is 10.1. The normalized spacial score (nSPS) is 11.7. The third kappa shape index (κ3) is 11.5. The summed E-state index contributed by atoms with van der Waals surface area (Å²) in [6, 6.07) is 5.51. The van der Waals surface area contributed by atoms with E-state index in [1.807, 2.05) is 32.1 Å². The van der Waals surface area contributed by atoms with Crippen molar-refractivity contribution in [3.63, 3.8) is 0 Å². The quantitative estimate of drug-likeness (QED) is 0.113. The van der Waals surface area contributed by atoms with Gasteiger partial charge >= 0.3 is 5.63 Å². The Kier molecular flexibility index (Phi) is 14.0. The highest BCUT2D eigenvalue weighted by Gasteiger charge is 2.18. The molecular formula is C32H48O5. The van der Waals surface area contributed by atoms with E-state index in [-0.39, 0.29) is 11.9 Å². The van der Waals surface area contributed by atoms with Crippen LogP contribution in [0.2, 0.25) is 0 Å². The summed E-state index contributed by atoms with van der Waals surface area (Å²) in [5.41, 5.74) is 2.45. The van der Waals surface area contributed by atoms with Gasteiger partial charge in [0.1, 0.15) is 17.9 Å². The van der Waals surface area contributed by atoms with Gasteiger partial charge in [-0.1, -0.05) is 69.1 Å². The maximum atomic E-state index is 12.9. The van der Waals surface area contributed by atoms with E-state index in [1.54, 1.807) is 6.07 Å². The van der Waals surface area contributed by atoms with Gasteiger partial charge in [0.15, 0.2) is 5.75 Å². The number of unbranched alkanes of at least 4 members (excludes halogenated alkanes) is 7. The van der Waals surface area contributed by atoms with Crippen molar-refractivity contribution < 1.29 is 18.6 Å². The van der Waals surface area contributed by atoms with Gasteiger partial charge in [0, 0.05) is 6.07 Å². The lowest BCUT2D eigenvalue weighted by Gasteiger charge is -2.15. The van der Waals surface area contributed by atoms with Crippen LogP contribution >= 0.6 is 0 Å². The van der Waals surface area contributed by atoms with E-state index in [1.165, 1.54) is 49.7 Å². The zero-order valence-electron chi connectivity index (χ0n) is 24.0. The van der Waals surface area contributed by atoms with Crippen molar-refractivity contribution in [2.45, 2.75) is 112 Å². The van der Waals surface area contributed by atoms with Gasteiger partial charge in [0.25, 0.3) is 0 Å². The molecule has 1 aromatic carbocycles. The molecule has 0 atom stereocenters. The van der Waals surface area contributed by atoms with Crippen molar-refractivity contribution in [2.24, 2.45) is 0 Å². The predicted octanol–water partition coefficient (Wildman–Crippen LogP) is 9.17. The first-order valence-corrected chi connectivity index (χ1v) is 14.1. The first-order valence-electron chi connectivity index (χ1n) is 14.1. The molecule has 206 valence electrons. The van der Waals surface area contributed by atoms with Crippen molar-refractivity contribution in [1.82, 2.24) is 0 Å². The second-order valence-electron chi connectivity index (χ2n) is 10.4. The fraction of sp³-hybridized carbons (Fsp3) is 0.594. The zero-order valence-corrected chi connectivity index (χ0v) is 24.0. The van der Waals surface area contributed by atoms with Crippen LogP contribution in [0.4, 0.5) is 0 Å². The van der Waals surface area contributed by atoms with Crippen LogP contribution in [0.5, 0.6) is 17.2 Å². The Morgan fingerprint density at radius 3 is 2.30 bits per heavy atom. The van der Waals surface area contributed by atoms with Crippen LogP contribution in [0.1, 0.15) is 106 Å². The topological polar surface area (TPSA) is 57.9 Å². The van der Waals surface area contributed by atoms with Crippen LogP contribution in [-0.2, 0) is 0 Å². The fourth-order valence-corrected chi connectivity index (χ4v) is 4.12. The highest BCUT2D eigenvalue weighted by atomic mass is 16.5. The van der Waals surface area contributed by atoms with E-state index < -0.39 is 5.63 Å². The van der Waals surface area contributed by atoms with E-state index in [9.17, 15) is 4.79 Å². The summed E-state index contributed by atoms with van der Waals surface area (Å²) < 4.78 is 23.6. The lowest BCUT2D eigenvalue weighted by molar-refractivity contribution is 0.242. The fourth-order valence-electron chi connectivity index (χ4n) is 4.12. The number of benzene rings is 1. The molecule has 0 aliphatic carbocycles. The molecule has 0 amide bonds. The Hall–Kier alpha value is -2.69. The van der Waals surface area contributed by atoms with Gasteiger partial charge in [-0.3, -0.25) is 0 Å². The zero-order chi connectivity index (χ0) is 27.0. The molecule has 37 heavy (non-hydrogen) atoms. The van der Waals surface area contributed by atoms with E-state index in [4.69, 9.17) is 18.6 Å². The van der Waals surface area contributed by atoms with Gasteiger partial charge in [-0.05, 0) is 72.1 Å². The summed E-state index contributed by atoms with van der Waals surface area (Å²) in [6.07, 6.45) is 16.0. The molecule has 0 radical (unpaired) electrons. The van der Waals surface area contributed by atoms with Gasteiger partial charge < -0.3 is 18.6 Å².